The summed E-state index contributed by atoms with van der Waals surface area (Å²) in [6, 6.07) is 17.6. The predicted octanol–water partition coefficient (Wildman–Crippen LogP) is 4.18. The molecule has 0 unspecified atom stereocenters. The number of rotatable bonds is 4. The molecule has 4 rings (SSSR count). The Morgan fingerprint density at radius 2 is 1.89 bits per heavy atom. The predicted molar refractivity (Wildman–Crippen MR) is 111 cm³/mol. The molecule has 2 heterocycles. The van der Waals surface area contributed by atoms with Crippen LogP contribution in [0.25, 0.3) is 10.9 Å². The third-order valence-electron chi connectivity index (χ3n) is 4.59. The lowest BCUT2D eigenvalue weighted by Gasteiger charge is -2.26. The summed E-state index contributed by atoms with van der Waals surface area (Å²) in [7, 11) is 1.62. The smallest absolute Gasteiger partial charge is 0.272 e. The molecule has 0 aliphatic carbocycles. The SMILES string of the molecule is COc1cccc2c(Nc3ccccc3)cc(C(=O)N3CCSCC3)nc12. The summed E-state index contributed by atoms with van der Waals surface area (Å²) >= 11 is 1.88. The molecule has 2 aromatic carbocycles. The molecular weight excluding hydrogens is 358 g/mol. The second-order valence-electron chi connectivity index (χ2n) is 6.31. The van der Waals surface area contributed by atoms with E-state index in [-0.39, 0.29) is 5.91 Å². The van der Waals surface area contributed by atoms with Gasteiger partial charge in [-0.15, -0.1) is 0 Å². The lowest BCUT2D eigenvalue weighted by atomic mass is 10.1. The molecule has 1 saturated heterocycles. The van der Waals surface area contributed by atoms with E-state index in [1.165, 1.54) is 0 Å². The highest BCUT2D eigenvalue weighted by Crippen LogP contribution is 2.32. The minimum atomic E-state index is -0.0285. The van der Waals surface area contributed by atoms with Crippen LogP contribution in [0.1, 0.15) is 10.5 Å². The van der Waals surface area contributed by atoms with Crippen LogP contribution in [0.15, 0.2) is 54.6 Å². The summed E-state index contributed by atoms with van der Waals surface area (Å²) in [5, 5.41) is 4.35. The number of thioether (sulfide) groups is 1. The van der Waals surface area contributed by atoms with Gasteiger partial charge in [0.2, 0.25) is 0 Å². The van der Waals surface area contributed by atoms with Crippen molar-refractivity contribution in [3.05, 3.63) is 60.3 Å². The molecular formula is C21H21N3O2S. The number of anilines is 2. The van der Waals surface area contributed by atoms with Crippen LogP contribution in [0.4, 0.5) is 11.4 Å². The van der Waals surface area contributed by atoms with E-state index in [1.807, 2.05) is 71.3 Å². The first-order valence-corrected chi connectivity index (χ1v) is 10.1. The van der Waals surface area contributed by atoms with Gasteiger partial charge < -0.3 is 15.0 Å². The zero-order valence-corrected chi connectivity index (χ0v) is 16.0. The Bertz CT molecular complexity index is 956. The van der Waals surface area contributed by atoms with E-state index >= 15 is 0 Å². The number of carbonyl (C=O) groups is 1. The fourth-order valence-corrected chi connectivity index (χ4v) is 4.11. The maximum absolute atomic E-state index is 13.0. The Morgan fingerprint density at radius 1 is 1.11 bits per heavy atom. The van der Waals surface area contributed by atoms with E-state index in [0.717, 1.165) is 41.4 Å². The Kier molecular flexibility index (Phi) is 5.16. The zero-order chi connectivity index (χ0) is 18.6. The number of benzene rings is 2. The molecule has 1 aromatic heterocycles. The largest absolute Gasteiger partial charge is 0.494 e. The Balaban J connectivity index is 1.80. The fourth-order valence-electron chi connectivity index (χ4n) is 3.21. The normalized spacial score (nSPS) is 14.2. The number of ether oxygens (including phenoxy) is 1. The first-order chi connectivity index (χ1) is 13.3. The summed E-state index contributed by atoms with van der Waals surface area (Å²) in [4.78, 5) is 19.6. The van der Waals surface area contributed by atoms with E-state index in [0.29, 0.717) is 17.0 Å². The molecule has 3 aromatic rings. The van der Waals surface area contributed by atoms with E-state index in [4.69, 9.17) is 4.74 Å². The second kappa shape index (κ2) is 7.88. The van der Waals surface area contributed by atoms with Gasteiger partial charge in [-0.3, -0.25) is 4.79 Å². The van der Waals surface area contributed by atoms with Gasteiger partial charge in [-0.1, -0.05) is 30.3 Å². The molecule has 1 fully saturated rings. The van der Waals surface area contributed by atoms with Gasteiger partial charge >= 0.3 is 0 Å². The minimum Gasteiger partial charge on any atom is -0.494 e. The highest BCUT2D eigenvalue weighted by molar-refractivity contribution is 7.99. The topological polar surface area (TPSA) is 54.5 Å². The number of amides is 1. The van der Waals surface area contributed by atoms with Gasteiger partial charge in [-0.05, 0) is 24.3 Å². The van der Waals surface area contributed by atoms with Crippen LogP contribution in [0.3, 0.4) is 0 Å². The first-order valence-electron chi connectivity index (χ1n) is 8.93. The van der Waals surface area contributed by atoms with Crippen molar-refractivity contribution >= 4 is 39.9 Å². The van der Waals surface area contributed by atoms with Crippen LogP contribution in [-0.2, 0) is 0 Å². The number of pyridine rings is 1. The number of carbonyl (C=O) groups excluding carboxylic acids is 1. The van der Waals surface area contributed by atoms with Crippen molar-refractivity contribution < 1.29 is 9.53 Å². The van der Waals surface area contributed by atoms with Crippen LogP contribution >= 0.6 is 11.8 Å². The van der Waals surface area contributed by atoms with Crippen molar-refractivity contribution in [2.75, 3.05) is 37.0 Å². The van der Waals surface area contributed by atoms with Crippen LogP contribution in [0.5, 0.6) is 5.75 Å². The van der Waals surface area contributed by atoms with Crippen molar-refractivity contribution in [2.45, 2.75) is 0 Å². The molecule has 0 radical (unpaired) electrons. The molecule has 1 amide bonds. The standard InChI is InChI=1S/C21H21N3O2S/c1-26-19-9-5-8-16-17(22-15-6-3-2-4-7-15)14-18(23-20(16)19)21(25)24-10-12-27-13-11-24/h2-9,14H,10-13H2,1H3,(H,22,23). The Morgan fingerprint density at radius 3 is 2.63 bits per heavy atom. The summed E-state index contributed by atoms with van der Waals surface area (Å²) in [6.07, 6.45) is 0. The van der Waals surface area contributed by atoms with Gasteiger partial charge in [0.05, 0.1) is 12.8 Å². The molecule has 0 saturated carbocycles. The number of fused-ring (bicyclic) bond motifs is 1. The minimum absolute atomic E-state index is 0.0285. The molecule has 0 spiro atoms. The maximum Gasteiger partial charge on any atom is 0.272 e. The third kappa shape index (κ3) is 3.71. The van der Waals surface area contributed by atoms with Gasteiger partial charge in [0.15, 0.2) is 0 Å². The highest BCUT2D eigenvalue weighted by atomic mass is 32.2. The average molecular weight is 379 g/mol. The van der Waals surface area contributed by atoms with Crippen molar-refractivity contribution in [1.29, 1.82) is 0 Å². The van der Waals surface area contributed by atoms with Gasteiger partial charge in [-0.25, -0.2) is 4.98 Å². The van der Waals surface area contributed by atoms with Crippen LogP contribution in [-0.4, -0.2) is 47.5 Å². The lowest BCUT2D eigenvalue weighted by Crippen LogP contribution is -2.38. The number of nitrogens with zero attached hydrogens (tertiary/aromatic N) is 2. The Hall–Kier alpha value is -2.73. The number of nitrogens with one attached hydrogen (secondary N) is 1. The third-order valence-corrected chi connectivity index (χ3v) is 5.54. The molecule has 6 heteroatoms. The van der Waals surface area contributed by atoms with Crippen LogP contribution in [0.2, 0.25) is 0 Å². The van der Waals surface area contributed by atoms with E-state index in [1.54, 1.807) is 7.11 Å². The fraction of sp³-hybridized carbons (Fsp3) is 0.238. The number of para-hydroxylation sites is 2. The molecule has 5 nitrogen and oxygen atoms in total. The van der Waals surface area contributed by atoms with Gasteiger partial charge in [-0.2, -0.15) is 11.8 Å². The van der Waals surface area contributed by atoms with Crippen LogP contribution < -0.4 is 10.1 Å². The number of hydrogen-bond acceptors (Lipinski definition) is 5. The first kappa shape index (κ1) is 17.7. The van der Waals surface area contributed by atoms with Gasteiger partial charge in [0.1, 0.15) is 17.0 Å². The zero-order valence-electron chi connectivity index (χ0n) is 15.1. The molecule has 1 N–H and O–H groups in total. The van der Waals surface area contributed by atoms with Gasteiger partial charge in [0.25, 0.3) is 5.91 Å². The number of methoxy groups -OCH3 is 1. The molecule has 138 valence electrons. The van der Waals surface area contributed by atoms with Crippen molar-refractivity contribution in [3.63, 3.8) is 0 Å². The van der Waals surface area contributed by atoms with E-state index < -0.39 is 0 Å². The summed E-state index contributed by atoms with van der Waals surface area (Å²) in [5.41, 5.74) is 2.94. The summed E-state index contributed by atoms with van der Waals surface area (Å²) in [5.74, 6) is 2.57. The molecule has 0 atom stereocenters. The molecule has 0 bridgehead atoms. The van der Waals surface area contributed by atoms with Crippen molar-refractivity contribution in [2.24, 2.45) is 0 Å². The average Bonchev–Trinajstić information content (AvgIpc) is 2.74. The van der Waals surface area contributed by atoms with E-state index in [2.05, 4.69) is 10.3 Å². The summed E-state index contributed by atoms with van der Waals surface area (Å²) < 4.78 is 5.49. The number of hydrogen-bond donors (Lipinski definition) is 1. The maximum atomic E-state index is 13.0. The molecule has 1 aliphatic heterocycles. The van der Waals surface area contributed by atoms with Gasteiger partial charge in [0, 0.05) is 35.7 Å². The quantitative estimate of drug-likeness (QED) is 0.737. The van der Waals surface area contributed by atoms with Crippen LogP contribution in [0, 0.1) is 0 Å². The summed E-state index contributed by atoms with van der Waals surface area (Å²) in [6.45, 7) is 1.52. The second-order valence-corrected chi connectivity index (χ2v) is 7.53. The van der Waals surface area contributed by atoms with E-state index in [9.17, 15) is 4.79 Å². The lowest BCUT2D eigenvalue weighted by molar-refractivity contribution is 0.0767. The molecule has 27 heavy (non-hydrogen) atoms. The van der Waals surface area contributed by atoms with Crippen molar-refractivity contribution in [3.8, 4) is 5.75 Å². The monoisotopic (exact) mass is 379 g/mol. The highest BCUT2D eigenvalue weighted by Gasteiger charge is 2.22. The number of aromatic nitrogens is 1. The van der Waals surface area contributed by atoms with Crippen molar-refractivity contribution in [1.82, 2.24) is 9.88 Å². The Labute approximate surface area is 162 Å². The molecule has 1 aliphatic rings.